The minimum Gasteiger partial charge on any atom is -0.320 e. The fraction of sp³-hybridized carbons (Fsp3) is 0.667. The molecule has 0 radical (unpaired) electrons. The van der Waals surface area contributed by atoms with Crippen LogP contribution in [0.5, 0.6) is 0 Å². The summed E-state index contributed by atoms with van der Waals surface area (Å²) in [6, 6.07) is 6.31. The number of aromatic nitrogens is 1. The summed E-state index contributed by atoms with van der Waals surface area (Å²) < 4.78 is 0. The third-order valence-corrected chi connectivity index (χ3v) is 3.84. The summed E-state index contributed by atoms with van der Waals surface area (Å²) in [6.07, 6.45) is 4.01. The second-order valence-electron chi connectivity index (χ2n) is 5.38. The first-order valence-electron chi connectivity index (χ1n) is 7.07. The highest BCUT2D eigenvalue weighted by Crippen LogP contribution is 2.21. The standard InChI is InChI=1S/C15H25N3/c1-13-4-3-5-15(17-13)12-18-10-7-14(8-11-18)6-9-16-2/h3-5,14,16H,6-12H2,1-2H3. The minimum atomic E-state index is 0.916. The third-order valence-electron chi connectivity index (χ3n) is 3.84. The van der Waals surface area contributed by atoms with Crippen LogP contribution in [0.15, 0.2) is 18.2 Å². The number of nitrogens with one attached hydrogen (secondary N) is 1. The molecule has 0 saturated carbocycles. The monoisotopic (exact) mass is 247 g/mol. The fourth-order valence-corrected chi connectivity index (χ4v) is 2.70. The lowest BCUT2D eigenvalue weighted by Gasteiger charge is -2.31. The van der Waals surface area contributed by atoms with Crippen molar-refractivity contribution in [2.24, 2.45) is 5.92 Å². The molecule has 1 aliphatic heterocycles. The highest BCUT2D eigenvalue weighted by Gasteiger charge is 2.18. The number of aryl methyl sites for hydroxylation is 1. The first kappa shape index (κ1) is 13.5. The smallest absolute Gasteiger partial charge is 0.0547 e. The van der Waals surface area contributed by atoms with E-state index in [1.807, 2.05) is 7.05 Å². The molecule has 0 spiro atoms. The van der Waals surface area contributed by atoms with Gasteiger partial charge in [0.2, 0.25) is 0 Å². The molecule has 3 nitrogen and oxygen atoms in total. The van der Waals surface area contributed by atoms with Gasteiger partial charge in [0, 0.05) is 12.2 Å². The molecule has 0 atom stereocenters. The molecule has 1 aromatic heterocycles. The van der Waals surface area contributed by atoms with Gasteiger partial charge in [0.05, 0.1) is 5.69 Å². The number of piperidine rings is 1. The molecule has 1 fully saturated rings. The molecule has 18 heavy (non-hydrogen) atoms. The Labute approximate surface area is 111 Å². The molecule has 1 aromatic rings. The van der Waals surface area contributed by atoms with Crippen molar-refractivity contribution >= 4 is 0 Å². The maximum atomic E-state index is 4.58. The van der Waals surface area contributed by atoms with E-state index in [2.05, 4.69) is 40.3 Å². The predicted molar refractivity (Wildman–Crippen MR) is 75.5 cm³/mol. The van der Waals surface area contributed by atoms with Crippen LogP contribution in [0.1, 0.15) is 30.7 Å². The van der Waals surface area contributed by atoms with Crippen LogP contribution in [0.2, 0.25) is 0 Å². The van der Waals surface area contributed by atoms with Crippen LogP contribution in [-0.2, 0) is 6.54 Å². The van der Waals surface area contributed by atoms with Gasteiger partial charge in [0.1, 0.15) is 0 Å². The maximum Gasteiger partial charge on any atom is 0.0547 e. The molecule has 3 heteroatoms. The van der Waals surface area contributed by atoms with Crippen LogP contribution < -0.4 is 5.32 Å². The lowest BCUT2D eigenvalue weighted by atomic mass is 9.93. The number of likely N-dealkylation sites (tertiary alicyclic amines) is 1. The maximum absolute atomic E-state index is 4.58. The number of pyridine rings is 1. The number of rotatable bonds is 5. The van der Waals surface area contributed by atoms with Crippen LogP contribution in [0, 0.1) is 12.8 Å². The van der Waals surface area contributed by atoms with E-state index in [1.165, 1.54) is 38.0 Å². The SMILES string of the molecule is CNCCC1CCN(Cc2cccc(C)n2)CC1. The van der Waals surface area contributed by atoms with Crippen LogP contribution in [0.3, 0.4) is 0 Å². The predicted octanol–water partition coefficient (Wildman–Crippen LogP) is 2.21. The molecule has 2 rings (SSSR count). The molecule has 0 bridgehead atoms. The summed E-state index contributed by atoms with van der Waals surface area (Å²) in [7, 11) is 2.04. The average Bonchev–Trinajstić information content (AvgIpc) is 2.38. The van der Waals surface area contributed by atoms with E-state index in [9.17, 15) is 0 Å². The quantitative estimate of drug-likeness (QED) is 0.864. The molecule has 1 saturated heterocycles. The second-order valence-corrected chi connectivity index (χ2v) is 5.38. The van der Waals surface area contributed by atoms with Crippen molar-refractivity contribution in [2.45, 2.75) is 32.7 Å². The highest BCUT2D eigenvalue weighted by atomic mass is 15.1. The first-order valence-corrected chi connectivity index (χ1v) is 7.07. The summed E-state index contributed by atoms with van der Waals surface area (Å²) in [5.41, 5.74) is 2.33. The molecule has 2 heterocycles. The van der Waals surface area contributed by atoms with Crippen LogP contribution >= 0.6 is 0 Å². The number of nitrogens with zero attached hydrogens (tertiary/aromatic N) is 2. The lowest BCUT2D eigenvalue weighted by molar-refractivity contribution is 0.170. The minimum absolute atomic E-state index is 0.916. The lowest BCUT2D eigenvalue weighted by Crippen LogP contribution is -2.34. The molecule has 0 unspecified atom stereocenters. The van der Waals surface area contributed by atoms with Crippen LogP contribution in [0.4, 0.5) is 0 Å². The summed E-state index contributed by atoms with van der Waals surface area (Å²) in [6.45, 7) is 6.69. The summed E-state index contributed by atoms with van der Waals surface area (Å²) in [4.78, 5) is 7.12. The molecule has 1 N–H and O–H groups in total. The molecular formula is C15H25N3. The Kier molecular flexibility index (Phi) is 5.14. The van der Waals surface area contributed by atoms with Gasteiger partial charge < -0.3 is 5.32 Å². The molecule has 100 valence electrons. The third kappa shape index (κ3) is 4.07. The zero-order valence-corrected chi connectivity index (χ0v) is 11.7. The van der Waals surface area contributed by atoms with E-state index in [1.54, 1.807) is 0 Å². The number of hydrogen-bond donors (Lipinski definition) is 1. The summed E-state index contributed by atoms with van der Waals surface area (Å²) in [5, 5.41) is 3.25. The second kappa shape index (κ2) is 6.86. The van der Waals surface area contributed by atoms with E-state index >= 15 is 0 Å². The van der Waals surface area contributed by atoms with Crippen molar-refractivity contribution in [3.05, 3.63) is 29.6 Å². The average molecular weight is 247 g/mol. The Morgan fingerprint density at radius 2 is 2.11 bits per heavy atom. The molecular weight excluding hydrogens is 222 g/mol. The first-order chi connectivity index (χ1) is 8.78. The Morgan fingerprint density at radius 1 is 1.33 bits per heavy atom. The van der Waals surface area contributed by atoms with Gasteiger partial charge in [-0.05, 0) is 70.9 Å². The van der Waals surface area contributed by atoms with Crippen molar-refractivity contribution in [3.63, 3.8) is 0 Å². The topological polar surface area (TPSA) is 28.2 Å². The van der Waals surface area contributed by atoms with Gasteiger partial charge in [-0.2, -0.15) is 0 Å². The summed E-state index contributed by atoms with van der Waals surface area (Å²) in [5.74, 6) is 0.916. The van der Waals surface area contributed by atoms with Crippen LogP contribution in [0.25, 0.3) is 0 Å². The highest BCUT2D eigenvalue weighted by molar-refractivity contribution is 5.09. The normalized spacial score (nSPS) is 18.1. The van der Waals surface area contributed by atoms with Gasteiger partial charge in [-0.25, -0.2) is 0 Å². The van der Waals surface area contributed by atoms with E-state index in [-0.39, 0.29) is 0 Å². The van der Waals surface area contributed by atoms with Crippen molar-refractivity contribution < 1.29 is 0 Å². The van der Waals surface area contributed by atoms with Gasteiger partial charge in [0.15, 0.2) is 0 Å². The number of hydrogen-bond acceptors (Lipinski definition) is 3. The van der Waals surface area contributed by atoms with Gasteiger partial charge in [-0.3, -0.25) is 9.88 Å². The molecule has 1 aliphatic rings. The van der Waals surface area contributed by atoms with Gasteiger partial charge >= 0.3 is 0 Å². The zero-order valence-electron chi connectivity index (χ0n) is 11.7. The Morgan fingerprint density at radius 3 is 2.78 bits per heavy atom. The largest absolute Gasteiger partial charge is 0.320 e. The Balaban J connectivity index is 1.76. The van der Waals surface area contributed by atoms with Crippen molar-refractivity contribution in [2.75, 3.05) is 26.7 Å². The van der Waals surface area contributed by atoms with Gasteiger partial charge in [-0.1, -0.05) is 6.07 Å². The van der Waals surface area contributed by atoms with Crippen LogP contribution in [-0.4, -0.2) is 36.6 Å². The van der Waals surface area contributed by atoms with Gasteiger partial charge in [0.25, 0.3) is 0 Å². The molecule has 0 aliphatic carbocycles. The molecule has 0 aromatic carbocycles. The van der Waals surface area contributed by atoms with E-state index in [0.29, 0.717) is 0 Å². The van der Waals surface area contributed by atoms with Crippen molar-refractivity contribution in [1.82, 2.24) is 15.2 Å². The molecule has 0 amide bonds. The zero-order chi connectivity index (χ0) is 12.8. The van der Waals surface area contributed by atoms with Crippen molar-refractivity contribution in [1.29, 1.82) is 0 Å². The summed E-state index contributed by atoms with van der Waals surface area (Å²) >= 11 is 0. The van der Waals surface area contributed by atoms with Crippen molar-refractivity contribution in [3.8, 4) is 0 Å². The van der Waals surface area contributed by atoms with Gasteiger partial charge in [-0.15, -0.1) is 0 Å². The van der Waals surface area contributed by atoms with E-state index in [4.69, 9.17) is 0 Å². The Bertz CT molecular complexity index is 357. The van der Waals surface area contributed by atoms with E-state index < -0.39 is 0 Å². The fourth-order valence-electron chi connectivity index (χ4n) is 2.70. The Hall–Kier alpha value is -0.930. The van der Waals surface area contributed by atoms with E-state index in [0.717, 1.165) is 24.7 Å².